The van der Waals surface area contributed by atoms with Crippen LogP contribution in [0.15, 0.2) is 24.3 Å². The highest BCUT2D eigenvalue weighted by Crippen LogP contribution is 2.33. The van der Waals surface area contributed by atoms with Crippen molar-refractivity contribution in [2.75, 3.05) is 33.7 Å². The number of nitrogens with one attached hydrogen (secondary N) is 9. The van der Waals surface area contributed by atoms with E-state index in [4.69, 9.17) is 0 Å². The Labute approximate surface area is 500 Å². The average molecular weight is 1180 g/mol. The number of amides is 10. The SMILES string of the molecule is Cc1ccc(C(=O)N2CCC[C@H]2C(=O)N[C@@H](CCC2CCCCC2)C(=O)N[C@@H](CC(C)C)C(=O)NC(C)(C)C(=O)N[C@@H](CC(C)C)C(=O)N[C@@H](CC(C)C)C(=O)NC(C)(C)C(=O)NC(C)(C)C(=O)NCCC(=O)NC2(CN(C)C)CCC2)cc1. The third-order valence-corrected chi connectivity index (χ3v) is 16.3. The van der Waals surface area contributed by atoms with E-state index in [0.29, 0.717) is 43.7 Å². The Bertz CT molecular complexity index is 2450. The average Bonchev–Trinajstić information content (AvgIpc) is 3.58. The third kappa shape index (κ3) is 21.7. The molecule has 1 aromatic rings. The number of carbonyl (C=O) groups excluding carboxylic acids is 10. The smallest absolute Gasteiger partial charge is 0.254 e. The van der Waals surface area contributed by atoms with Crippen molar-refractivity contribution in [2.24, 2.45) is 23.7 Å². The summed E-state index contributed by atoms with van der Waals surface area (Å²) in [6.45, 7) is 23.3. The summed E-state index contributed by atoms with van der Waals surface area (Å²) in [5, 5.41) is 25.7. The van der Waals surface area contributed by atoms with Crippen LogP contribution in [0.25, 0.3) is 0 Å². The molecule has 3 aliphatic rings. The van der Waals surface area contributed by atoms with Gasteiger partial charge in [-0.1, -0.05) is 91.3 Å². The van der Waals surface area contributed by atoms with Crippen molar-refractivity contribution in [2.45, 2.75) is 245 Å². The van der Waals surface area contributed by atoms with Gasteiger partial charge in [-0.3, -0.25) is 47.9 Å². The largest absolute Gasteiger partial charge is 0.354 e. The molecule has 4 rings (SSSR count). The van der Waals surface area contributed by atoms with E-state index in [1.165, 1.54) is 41.5 Å². The minimum Gasteiger partial charge on any atom is -0.354 e. The zero-order chi connectivity index (χ0) is 62.9. The Balaban J connectivity index is 1.42. The Kier molecular flexibility index (Phi) is 26.2. The lowest BCUT2D eigenvalue weighted by molar-refractivity contribution is -0.139. The van der Waals surface area contributed by atoms with Crippen molar-refractivity contribution in [1.82, 2.24) is 57.7 Å². The Morgan fingerprint density at radius 1 is 0.583 bits per heavy atom. The molecule has 1 aromatic carbocycles. The molecule has 1 saturated heterocycles. The monoisotopic (exact) mass is 1180 g/mol. The maximum absolute atomic E-state index is 14.5. The van der Waals surface area contributed by atoms with Gasteiger partial charge in [0.1, 0.15) is 46.8 Å². The van der Waals surface area contributed by atoms with Crippen molar-refractivity contribution < 1.29 is 47.9 Å². The molecule has 9 N–H and O–H groups in total. The summed E-state index contributed by atoms with van der Waals surface area (Å²) in [7, 11) is 3.91. The predicted octanol–water partition coefficient (Wildman–Crippen LogP) is 4.83. The molecule has 3 fully saturated rings. The number of nitrogens with zero attached hydrogens (tertiary/aromatic N) is 2. The zero-order valence-electron chi connectivity index (χ0n) is 53.4. The first-order valence-corrected chi connectivity index (χ1v) is 30.9. The number of likely N-dealkylation sites (N-methyl/N-ethyl adjacent to an activating group) is 1. The maximum atomic E-state index is 14.5. The second-order valence-electron chi connectivity index (χ2n) is 27.4. The van der Waals surface area contributed by atoms with Crippen LogP contribution in [0.3, 0.4) is 0 Å². The molecule has 2 saturated carbocycles. The number of benzene rings is 1. The molecule has 21 nitrogen and oxygen atoms in total. The van der Waals surface area contributed by atoms with Crippen molar-refractivity contribution in [3.8, 4) is 0 Å². The lowest BCUT2D eigenvalue weighted by atomic mass is 9.76. The molecule has 0 bridgehead atoms. The Morgan fingerprint density at radius 2 is 1.08 bits per heavy atom. The van der Waals surface area contributed by atoms with Crippen LogP contribution < -0.4 is 47.9 Å². The van der Waals surface area contributed by atoms with E-state index in [1.807, 2.05) is 79.6 Å². The number of hydrogen-bond acceptors (Lipinski definition) is 11. The van der Waals surface area contributed by atoms with Crippen molar-refractivity contribution in [3.63, 3.8) is 0 Å². The standard InChI is InChI=1S/C63H105N11O10/c1-39(2)35-46(52(77)67-48(37-41(5)6)54(79)71-62(12,13)59(84)72-60(8,9)57(82)64-33-30-50(75)69-63(31-20-32-63)38-73(14)15)68-58(83)61(10,11)70-53(78)47(36-40(3)4)66-51(76)45(29-26-43-21-17-16-18-22-43)65-55(80)49-23-19-34-74(49)56(81)44-27-24-42(7)25-28-44/h24-25,27-28,39-41,43,45-49H,16-23,26,29-38H2,1-15H3,(H,64,82)(H,65,80)(H,66,76)(H,67,77)(H,68,83)(H,69,75)(H,70,78)(H,71,79)(H,72,84)/t45-,46-,47-,48-,49-/m0/s1. The predicted molar refractivity (Wildman–Crippen MR) is 325 cm³/mol. The van der Waals surface area contributed by atoms with E-state index in [-0.39, 0.29) is 67.3 Å². The molecular formula is C63H105N11O10. The number of carbonyl (C=O) groups is 10. The van der Waals surface area contributed by atoms with Gasteiger partial charge >= 0.3 is 0 Å². The Hall–Kier alpha value is -6.12. The van der Waals surface area contributed by atoms with Crippen LogP contribution in [0.5, 0.6) is 0 Å². The van der Waals surface area contributed by atoms with Gasteiger partial charge in [-0.2, -0.15) is 0 Å². The Morgan fingerprint density at radius 3 is 1.58 bits per heavy atom. The van der Waals surface area contributed by atoms with Crippen LogP contribution >= 0.6 is 0 Å². The highest BCUT2D eigenvalue weighted by molar-refractivity contribution is 6.01. The van der Waals surface area contributed by atoms with E-state index in [2.05, 4.69) is 47.9 Å². The van der Waals surface area contributed by atoms with Crippen molar-refractivity contribution in [1.29, 1.82) is 0 Å². The summed E-state index contributed by atoms with van der Waals surface area (Å²) >= 11 is 0. The highest BCUT2D eigenvalue weighted by atomic mass is 16.2. The highest BCUT2D eigenvalue weighted by Gasteiger charge is 2.43. The van der Waals surface area contributed by atoms with Crippen LogP contribution in [-0.2, 0) is 43.2 Å². The van der Waals surface area contributed by atoms with Gasteiger partial charge in [0, 0.05) is 31.6 Å². The van der Waals surface area contributed by atoms with Crippen LogP contribution in [-0.4, -0.2) is 155 Å². The van der Waals surface area contributed by atoms with Gasteiger partial charge in [0.05, 0.1) is 5.54 Å². The molecule has 21 heteroatoms. The van der Waals surface area contributed by atoms with Crippen LogP contribution in [0.1, 0.15) is 202 Å². The lowest BCUT2D eigenvalue weighted by Gasteiger charge is -2.44. The van der Waals surface area contributed by atoms with Gasteiger partial charge in [0.25, 0.3) is 5.91 Å². The minimum absolute atomic E-state index is 0.0497. The van der Waals surface area contributed by atoms with Crippen molar-refractivity contribution >= 4 is 59.1 Å². The molecule has 0 radical (unpaired) electrons. The van der Waals surface area contributed by atoms with Gasteiger partial charge in [-0.25, -0.2) is 0 Å². The molecule has 472 valence electrons. The van der Waals surface area contributed by atoms with Crippen LogP contribution in [0.2, 0.25) is 0 Å². The van der Waals surface area contributed by atoms with E-state index in [0.717, 1.165) is 63.5 Å². The molecule has 2 aliphatic carbocycles. The van der Waals surface area contributed by atoms with E-state index in [1.54, 1.807) is 17.0 Å². The molecule has 10 amide bonds. The fraction of sp³-hybridized carbons (Fsp3) is 0.746. The summed E-state index contributed by atoms with van der Waals surface area (Å²) in [6, 6.07) is 1.97. The third-order valence-electron chi connectivity index (χ3n) is 16.3. The van der Waals surface area contributed by atoms with Gasteiger partial charge in [0.15, 0.2) is 0 Å². The second kappa shape index (κ2) is 31.3. The van der Waals surface area contributed by atoms with Crippen LogP contribution in [0.4, 0.5) is 0 Å². The first-order valence-electron chi connectivity index (χ1n) is 30.9. The molecule has 0 aromatic heterocycles. The zero-order valence-corrected chi connectivity index (χ0v) is 53.4. The molecule has 84 heavy (non-hydrogen) atoms. The maximum Gasteiger partial charge on any atom is 0.254 e. The minimum atomic E-state index is -1.63. The number of likely N-dealkylation sites (tertiary alicyclic amines) is 1. The molecule has 0 unspecified atom stereocenters. The second-order valence-corrected chi connectivity index (χ2v) is 27.4. The van der Waals surface area contributed by atoms with Gasteiger partial charge in [-0.15, -0.1) is 0 Å². The summed E-state index contributed by atoms with van der Waals surface area (Å²) < 4.78 is 0. The summed E-state index contributed by atoms with van der Waals surface area (Å²) in [5.41, 5.74) is -3.45. The van der Waals surface area contributed by atoms with E-state index < -0.39 is 94.1 Å². The van der Waals surface area contributed by atoms with Crippen molar-refractivity contribution in [3.05, 3.63) is 35.4 Å². The fourth-order valence-corrected chi connectivity index (χ4v) is 11.4. The van der Waals surface area contributed by atoms with E-state index in [9.17, 15) is 47.9 Å². The van der Waals surface area contributed by atoms with Crippen LogP contribution in [0, 0.1) is 30.6 Å². The topological polar surface area (TPSA) is 285 Å². The molecule has 0 spiro atoms. The van der Waals surface area contributed by atoms with E-state index >= 15 is 0 Å². The molecule has 1 heterocycles. The normalized spacial score (nSPS) is 17.9. The first-order chi connectivity index (χ1) is 39.1. The summed E-state index contributed by atoms with van der Waals surface area (Å²) in [5.74, 6) is -5.24. The summed E-state index contributed by atoms with van der Waals surface area (Å²) in [4.78, 5) is 143. The quantitative estimate of drug-likeness (QED) is 0.0486. The van der Waals surface area contributed by atoms with Gasteiger partial charge in [-0.05, 0) is 163 Å². The first kappa shape index (κ1) is 70.4. The number of hydrogen-bond donors (Lipinski definition) is 9. The fourth-order valence-electron chi connectivity index (χ4n) is 11.4. The molecule has 1 aliphatic heterocycles. The lowest BCUT2D eigenvalue weighted by Crippen LogP contribution is -2.65. The number of aryl methyl sites for hydroxylation is 1. The van der Waals surface area contributed by atoms with Gasteiger partial charge < -0.3 is 57.7 Å². The van der Waals surface area contributed by atoms with Gasteiger partial charge in [0.2, 0.25) is 53.2 Å². The summed E-state index contributed by atoms with van der Waals surface area (Å²) in [6.07, 6.45) is 10.9. The molecule has 5 atom stereocenters. The molecular weight excluding hydrogens is 1070 g/mol. The number of rotatable bonds is 31.